The molecule has 4 rings (SSSR count). The van der Waals surface area contributed by atoms with Gasteiger partial charge in [0.15, 0.2) is 11.6 Å². The second-order valence-electron chi connectivity index (χ2n) is 5.91. The average Bonchev–Trinajstić information content (AvgIpc) is 2.89. The van der Waals surface area contributed by atoms with Crippen molar-refractivity contribution in [3.05, 3.63) is 70.3 Å². The normalized spacial score (nSPS) is 23.2. The van der Waals surface area contributed by atoms with Crippen molar-refractivity contribution in [2.24, 2.45) is 5.41 Å². The molecule has 2 aromatic rings. The Hall–Kier alpha value is -2.22. The summed E-state index contributed by atoms with van der Waals surface area (Å²) in [5.41, 5.74) is 3.70. The van der Waals surface area contributed by atoms with Crippen molar-refractivity contribution in [1.29, 1.82) is 0 Å². The zero-order valence-corrected chi connectivity index (χ0v) is 11.3. The van der Waals surface area contributed by atoms with Crippen molar-refractivity contribution >= 4 is 11.6 Å². The summed E-state index contributed by atoms with van der Waals surface area (Å²) in [6, 6.07) is 13.5. The van der Waals surface area contributed by atoms with Gasteiger partial charge in [0, 0.05) is 11.1 Å². The van der Waals surface area contributed by atoms with Gasteiger partial charge in [-0.15, -0.1) is 0 Å². The molecular weight excluding hydrogens is 248 g/mol. The number of Topliss-reactive ketones (excluding diaryl/α,β-unsaturated/α-hetero) is 2. The quantitative estimate of drug-likeness (QED) is 0.683. The highest BCUT2D eigenvalue weighted by Crippen LogP contribution is 2.47. The molecule has 2 heteroatoms. The summed E-state index contributed by atoms with van der Waals surface area (Å²) in [5, 5.41) is 0. The molecule has 0 heterocycles. The highest BCUT2D eigenvalue weighted by atomic mass is 16.2. The predicted octanol–water partition coefficient (Wildman–Crippen LogP) is 3.16. The van der Waals surface area contributed by atoms with E-state index in [1.807, 2.05) is 49.4 Å². The fourth-order valence-corrected chi connectivity index (χ4v) is 3.60. The number of aryl methyl sites for hydroxylation is 1. The molecular formula is C18H14O2. The molecule has 0 aromatic heterocycles. The molecule has 0 radical (unpaired) electrons. The zero-order chi connectivity index (χ0) is 13.9. The van der Waals surface area contributed by atoms with Crippen LogP contribution in [0.25, 0.3) is 0 Å². The number of carbonyl (C=O) groups is 2. The number of ketones is 2. The number of hydrogen-bond donors (Lipinski definition) is 0. The number of benzene rings is 2. The number of hydrogen-bond acceptors (Lipinski definition) is 2. The maximum atomic E-state index is 12.8. The molecule has 98 valence electrons. The molecule has 1 atom stereocenters. The minimum atomic E-state index is -0.861. The summed E-state index contributed by atoms with van der Waals surface area (Å²) in [6.45, 7) is 1.98. The summed E-state index contributed by atoms with van der Waals surface area (Å²) in [7, 11) is 0. The lowest BCUT2D eigenvalue weighted by Crippen LogP contribution is -2.34. The molecule has 0 saturated heterocycles. The Balaban J connectivity index is 1.87. The summed E-state index contributed by atoms with van der Waals surface area (Å²) in [5.74, 6) is 0.0179. The number of carbonyl (C=O) groups excluding carboxylic acids is 2. The molecule has 2 aromatic carbocycles. The summed E-state index contributed by atoms with van der Waals surface area (Å²) >= 11 is 0. The lowest BCUT2D eigenvalue weighted by atomic mass is 9.80. The highest BCUT2D eigenvalue weighted by Gasteiger charge is 2.55. The van der Waals surface area contributed by atoms with Crippen molar-refractivity contribution in [2.75, 3.05) is 0 Å². The first-order chi connectivity index (χ1) is 9.62. The standard InChI is InChI=1S/C18H14O2/c1-11-6-7-13-10-18(17(20)15(13)8-11)9-12-4-2-3-5-14(12)16(18)19/h2-8H,9-10H2,1H3/t18-/m1/s1. The van der Waals surface area contributed by atoms with Gasteiger partial charge in [0.25, 0.3) is 0 Å². The first-order valence-electron chi connectivity index (χ1n) is 6.89. The van der Waals surface area contributed by atoms with Gasteiger partial charge in [0.05, 0.1) is 0 Å². The van der Waals surface area contributed by atoms with Gasteiger partial charge in [-0.1, -0.05) is 42.0 Å². The molecule has 0 fully saturated rings. The molecule has 2 aliphatic rings. The Labute approximate surface area is 117 Å². The number of rotatable bonds is 0. The van der Waals surface area contributed by atoms with Crippen molar-refractivity contribution in [2.45, 2.75) is 19.8 Å². The van der Waals surface area contributed by atoms with Crippen LogP contribution in [0.5, 0.6) is 0 Å². The molecule has 2 nitrogen and oxygen atoms in total. The van der Waals surface area contributed by atoms with Crippen molar-refractivity contribution in [3.63, 3.8) is 0 Å². The molecule has 0 N–H and O–H groups in total. The second kappa shape index (κ2) is 3.66. The topological polar surface area (TPSA) is 34.1 Å². The maximum Gasteiger partial charge on any atom is 0.177 e. The van der Waals surface area contributed by atoms with E-state index in [4.69, 9.17) is 0 Å². The van der Waals surface area contributed by atoms with E-state index in [0.29, 0.717) is 12.8 Å². The Morgan fingerprint density at radius 2 is 1.50 bits per heavy atom. The molecule has 1 spiro atoms. The van der Waals surface area contributed by atoms with E-state index in [0.717, 1.165) is 27.8 Å². The molecule has 0 bridgehead atoms. The Kier molecular flexibility index (Phi) is 2.12. The van der Waals surface area contributed by atoms with Crippen LogP contribution in [0.1, 0.15) is 37.4 Å². The van der Waals surface area contributed by atoms with Crippen LogP contribution in [0.15, 0.2) is 42.5 Å². The Bertz CT molecular complexity index is 773. The van der Waals surface area contributed by atoms with E-state index in [-0.39, 0.29) is 11.6 Å². The first-order valence-corrected chi connectivity index (χ1v) is 6.89. The van der Waals surface area contributed by atoms with Crippen LogP contribution in [0.3, 0.4) is 0 Å². The van der Waals surface area contributed by atoms with Gasteiger partial charge in [0.2, 0.25) is 0 Å². The van der Waals surface area contributed by atoms with Crippen LogP contribution in [-0.2, 0) is 12.8 Å². The van der Waals surface area contributed by atoms with Gasteiger partial charge in [-0.25, -0.2) is 0 Å². The predicted molar refractivity (Wildman–Crippen MR) is 76.1 cm³/mol. The zero-order valence-electron chi connectivity index (χ0n) is 11.3. The Morgan fingerprint density at radius 1 is 0.850 bits per heavy atom. The van der Waals surface area contributed by atoms with E-state index in [9.17, 15) is 9.59 Å². The Morgan fingerprint density at radius 3 is 2.25 bits per heavy atom. The molecule has 0 amide bonds. The van der Waals surface area contributed by atoms with Gasteiger partial charge in [-0.2, -0.15) is 0 Å². The van der Waals surface area contributed by atoms with Crippen molar-refractivity contribution in [1.82, 2.24) is 0 Å². The summed E-state index contributed by atoms with van der Waals surface area (Å²) in [6.07, 6.45) is 1.10. The van der Waals surface area contributed by atoms with Crippen molar-refractivity contribution < 1.29 is 9.59 Å². The fraction of sp³-hybridized carbons (Fsp3) is 0.222. The molecule has 20 heavy (non-hydrogen) atoms. The lowest BCUT2D eigenvalue weighted by molar-refractivity contribution is 0.0705. The van der Waals surface area contributed by atoms with E-state index < -0.39 is 5.41 Å². The monoisotopic (exact) mass is 262 g/mol. The van der Waals surface area contributed by atoms with Crippen LogP contribution in [-0.4, -0.2) is 11.6 Å². The fourth-order valence-electron chi connectivity index (χ4n) is 3.60. The van der Waals surface area contributed by atoms with E-state index in [2.05, 4.69) is 0 Å². The van der Waals surface area contributed by atoms with Crippen LogP contribution in [0.4, 0.5) is 0 Å². The van der Waals surface area contributed by atoms with E-state index >= 15 is 0 Å². The smallest absolute Gasteiger partial charge is 0.177 e. The maximum absolute atomic E-state index is 12.8. The van der Waals surface area contributed by atoms with Crippen LogP contribution >= 0.6 is 0 Å². The van der Waals surface area contributed by atoms with Gasteiger partial charge in [0.1, 0.15) is 5.41 Å². The average molecular weight is 262 g/mol. The molecule has 2 aliphatic carbocycles. The summed E-state index contributed by atoms with van der Waals surface area (Å²) < 4.78 is 0. The third-order valence-corrected chi connectivity index (χ3v) is 4.63. The molecule has 0 unspecified atom stereocenters. The van der Waals surface area contributed by atoms with E-state index in [1.54, 1.807) is 0 Å². The number of fused-ring (bicyclic) bond motifs is 2. The van der Waals surface area contributed by atoms with Crippen LogP contribution < -0.4 is 0 Å². The highest BCUT2D eigenvalue weighted by molar-refractivity contribution is 6.24. The van der Waals surface area contributed by atoms with Crippen LogP contribution in [0.2, 0.25) is 0 Å². The largest absolute Gasteiger partial charge is 0.293 e. The molecule has 0 saturated carbocycles. The third kappa shape index (κ3) is 1.29. The minimum absolute atomic E-state index is 0.00644. The van der Waals surface area contributed by atoms with Crippen LogP contribution in [0, 0.1) is 12.3 Å². The van der Waals surface area contributed by atoms with Crippen molar-refractivity contribution in [3.8, 4) is 0 Å². The van der Waals surface area contributed by atoms with E-state index in [1.165, 1.54) is 0 Å². The first kappa shape index (κ1) is 11.6. The minimum Gasteiger partial charge on any atom is -0.293 e. The van der Waals surface area contributed by atoms with Gasteiger partial charge in [-0.3, -0.25) is 9.59 Å². The summed E-state index contributed by atoms with van der Waals surface area (Å²) in [4.78, 5) is 25.6. The van der Waals surface area contributed by atoms with Gasteiger partial charge < -0.3 is 0 Å². The van der Waals surface area contributed by atoms with Gasteiger partial charge >= 0.3 is 0 Å². The van der Waals surface area contributed by atoms with Gasteiger partial charge in [-0.05, 0) is 37.0 Å². The lowest BCUT2D eigenvalue weighted by Gasteiger charge is -2.18. The molecule has 0 aliphatic heterocycles. The third-order valence-electron chi connectivity index (χ3n) is 4.63. The SMILES string of the molecule is Cc1ccc2c(c1)C(=O)[C@]1(Cc3ccccc3C1=O)C2. The second-order valence-corrected chi connectivity index (χ2v) is 5.91.